The highest BCUT2D eigenvalue weighted by Crippen LogP contribution is 2.50. The summed E-state index contributed by atoms with van der Waals surface area (Å²) in [7, 11) is 0. The Morgan fingerprint density at radius 2 is 0.942 bits per heavy atom. The number of fused-ring (bicyclic) bond motifs is 10. The van der Waals surface area contributed by atoms with E-state index in [1.165, 1.54) is 49.3 Å². The Morgan fingerprint density at radius 1 is 0.522 bits per heavy atom. The van der Waals surface area contributed by atoms with Crippen molar-refractivity contribution < 1.29 is 30.2 Å². The predicted octanol–water partition coefficient (Wildman–Crippen LogP) is 8.94. The standard InChI is InChI=1S/C23H27N3O2.C20H29N3O2.2C7H8O/c1-16-2-4-17(5-3-16)23(27)25-12-10-24(11-13-25)19-6-7-20-18-8-9-26(28)22(14-18)21(20)15-19;1-20(2,3)19(24)22-10-8-21(9-11-22)15-4-5-16-14-6-7-23(25)18(12-14)17(16)13-15;2*8-6-7-4-2-1-3-5-7/h2-7,15,18,22,28H,8-14H2,1H3;4-5,13-14,18,25H,6-12H2,1-3H3;2*1-5,8H,6H2. The van der Waals surface area contributed by atoms with Gasteiger partial charge in [0.1, 0.15) is 0 Å². The summed E-state index contributed by atoms with van der Waals surface area (Å²) in [6.07, 6.45) is 4.17. The van der Waals surface area contributed by atoms with Gasteiger partial charge in [-0.15, -0.1) is 0 Å². The molecule has 4 saturated heterocycles. The molecule has 0 saturated carbocycles. The quantitative estimate of drug-likeness (QED) is 0.135. The van der Waals surface area contributed by atoms with Gasteiger partial charge in [0.2, 0.25) is 5.91 Å². The van der Waals surface area contributed by atoms with Gasteiger partial charge in [-0.2, -0.15) is 10.1 Å². The lowest BCUT2D eigenvalue weighted by molar-refractivity contribution is -0.141. The van der Waals surface area contributed by atoms with Crippen LogP contribution in [0.4, 0.5) is 11.4 Å². The zero-order valence-corrected chi connectivity index (χ0v) is 41.0. The maximum Gasteiger partial charge on any atom is 0.253 e. The van der Waals surface area contributed by atoms with Gasteiger partial charge in [-0.05, 0) is 114 Å². The Balaban J connectivity index is 0.000000142. The van der Waals surface area contributed by atoms with Gasteiger partial charge in [-0.3, -0.25) is 9.59 Å². The van der Waals surface area contributed by atoms with E-state index in [2.05, 4.69) is 46.2 Å². The number of piperidine rings is 2. The van der Waals surface area contributed by atoms with Gasteiger partial charge in [-0.1, -0.05) is 111 Å². The summed E-state index contributed by atoms with van der Waals surface area (Å²) in [6, 6.07) is 40.7. The molecular weight excluding hydrogens is 865 g/mol. The van der Waals surface area contributed by atoms with Crippen LogP contribution in [-0.4, -0.2) is 118 Å². The van der Waals surface area contributed by atoms with Crippen LogP contribution in [0.3, 0.4) is 0 Å². The number of hydrogen-bond donors (Lipinski definition) is 4. The average molecular weight is 937 g/mol. The first kappa shape index (κ1) is 49.8. The molecule has 2 aliphatic carbocycles. The molecule has 4 fully saturated rings. The third-order valence-corrected chi connectivity index (χ3v) is 14.7. The number of nitrogens with zero attached hydrogens (tertiary/aromatic N) is 6. The number of amides is 2. The molecule has 0 aromatic heterocycles. The van der Waals surface area contributed by atoms with Gasteiger partial charge in [0.25, 0.3) is 5.91 Å². The highest BCUT2D eigenvalue weighted by atomic mass is 16.5. The smallest absolute Gasteiger partial charge is 0.253 e. The molecule has 5 aromatic rings. The lowest BCUT2D eigenvalue weighted by atomic mass is 9.94. The monoisotopic (exact) mass is 937 g/mol. The van der Waals surface area contributed by atoms with Crippen molar-refractivity contribution in [3.8, 4) is 0 Å². The Hall–Kier alpha value is -5.60. The minimum Gasteiger partial charge on any atom is -0.392 e. The van der Waals surface area contributed by atoms with E-state index in [1.807, 2.05) is 122 Å². The number of anilines is 2. The number of hydroxylamine groups is 4. The third-order valence-electron chi connectivity index (χ3n) is 14.7. The maximum atomic E-state index is 12.7. The fourth-order valence-electron chi connectivity index (χ4n) is 10.7. The van der Waals surface area contributed by atoms with Gasteiger partial charge in [0.15, 0.2) is 0 Å². The largest absolute Gasteiger partial charge is 0.392 e. The number of piperazine rings is 2. The molecule has 4 N–H and O–H groups in total. The number of hydrogen-bond acceptors (Lipinski definition) is 10. The number of aliphatic hydroxyl groups is 2. The summed E-state index contributed by atoms with van der Waals surface area (Å²) in [5.74, 6) is 1.57. The molecule has 69 heavy (non-hydrogen) atoms. The Kier molecular flexibility index (Phi) is 16.2. The molecule has 4 unspecified atom stereocenters. The van der Waals surface area contributed by atoms with Crippen LogP contribution in [-0.2, 0) is 18.0 Å². The average Bonchev–Trinajstić information content (AvgIpc) is 3.87. The number of benzene rings is 5. The molecule has 6 aliphatic rings. The maximum absolute atomic E-state index is 12.7. The SMILES string of the molecule is CC(C)(C)C(=O)N1CCN(c2ccc3c(c2)C2CC3CCN2O)CC1.Cc1ccc(C(=O)N2CCN(c3ccc4c(c3)C3CC4CCN3O)CC2)cc1.OCc1ccccc1.OCc1ccccc1. The molecule has 5 aromatic carbocycles. The fraction of sp³-hybridized carbons (Fsp3) is 0.439. The topological polar surface area (TPSA) is 134 Å². The zero-order valence-electron chi connectivity index (χ0n) is 41.0. The van der Waals surface area contributed by atoms with E-state index in [1.54, 1.807) is 0 Å². The molecule has 11 rings (SSSR count). The van der Waals surface area contributed by atoms with Crippen molar-refractivity contribution in [1.82, 2.24) is 19.9 Å². The van der Waals surface area contributed by atoms with E-state index in [4.69, 9.17) is 10.2 Å². The van der Waals surface area contributed by atoms with Crippen LogP contribution in [0.5, 0.6) is 0 Å². The van der Waals surface area contributed by atoms with Crippen LogP contribution in [0.25, 0.3) is 0 Å². The second kappa shape index (κ2) is 22.4. The van der Waals surface area contributed by atoms with Crippen molar-refractivity contribution in [2.75, 3.05) is 75.2 Å². The van der Waals surface area contributed by atoms with Gasteiger partial charge in [0.05, 0.1) is 25.3 Å². The van der Waals surface area contributed by atoms with Gasteiger partial charge < -0.3 is 40.2 Å². The van der Waals surface area contributed by atoms with Crippen LogP contribution < -0.4 is 9.80 Å². The summed E-state index contributed by atoms with van der Waals surface area (Å²) in [4.78, 5) is 33.9. The summed E-state index contributed by atoms with van der Waals surface area (Å²) >= 11 is 0. The molecule has 4 bridgehead atoms. The molecule has 12 nitrogen and oxygen atoms in total. The molecular formula is C57H72N6O6. The Morgan fingerprint density at radius 3 is 1.33 bits per heavy atom. The lowest BCUT2D eigenvalue weighted by Crippen LogP contribution is -2.51. The number of rotatable bonds is 5. The third kappa shape index (κ3) is 11.9. The number of aliphatic hydroxyl groups excluding tert-OH is 2. The summed E-state index contributed by atoms with van der Waals surface area (Å²) in [5, 5.41) is 40.5. The summed E-state index contributed by atoms with van der Waals surface area (Å²) in [5.41, 5.74) is 11.4. The normalized spacial score (nSPS) is 21.7. The van der Waals surface area contributed by atoms with E-state index in [-0.39, 0.29) is 42.5 Å². The van der Waals surface area contributed by atoms with E-state index in [0.717, 1.165) is 108 Å². The molecule has 2 amide bonds. The fourth-order valence-corrected chi connectivity index (χ4v) is 10.7. The first-order valence-corrected chi connectivity index (χ1v) is 24.9. The molecule has 4 heterocycles. The van der Waals surface area contributed by atoms with E-state index in [0.29, 0.717) is 11.8 Å². The molecule has 366 valence electrons. The number of carbonyl (C=O) groups is 2. The van der Waals surface area contributed by atoms with Crippen molar-refractivity contribution in [2.24, 2.45) is 5.41 Å². The highest BCUT2D eigenvalue weighted by Gasteiger charge is 2.40. The molecule has 0 radical (unpaired) electrons. The zero-order chi connectivity index (χ0) is 48.7. The number of aryl methyl sites for hydroxylation is 1. The van der Waals surface area contributed by atoms with Crippen LogP contribution in [0.2, 0.25) is 0 Å². The second-order valence-corrected chi connectivity index (χ2v) is 20.4. The molecule has 4 atom stereocenters. The minimum absolute atomic E-state index is 0.123. The molecule has 0 spiro atoms. The van der Waals surface area contributed by atoms with Crippen LogP contribution in [0, 0.1) is 12.3 Å². The highest BCUT2D eigenvalue weighted by molar-refractivity contribution is 5.94. The van der Waals surface area contributed by atoms with Crippen molar-refractivity contribution in [1.29, 1.82) is 0 Å². The summed E-state index contributed by atoms with van der Waals surface area (Å²) < 4.78 is 0. The Labute approximate surface area is 408 Å². The Bertz CT molecular complexity index is 2430. The molecule has 12 heteroatoms. The van der Waals surface area contributed by atoms with Crippen LogP contribution in [0.15, 0.2) is 121 Å². The lowest BCUT2D eigenvalue weighted by Gasteiger charge is -2.39. The van der Waals surface area contributed by atoms with E-state index < -0.39 is 0 Å². The van der Waals surface area contributed by atoms with E-state index in [9.17, 15) is 20.0 Å². The molecule has 4 aliphatic heterocycles. The van der Waals surface area contributed by atoms with E-state index >= 15 is 0 Å². The van der Waals surface area contributed by atoms with Crippen LogP contribution >= 0.6 is 0 Å². The minimum atomic E-state index is -0.308. The van der Waals surface area contributed by atoms with Gasteiger partial charge in [-0.25, -0.2) is 0 Å². The van der Waals surface area contributed by atoms with Crippen LogP contribution in [0.1, 0.15) is 120 Å². The van der Waals surface area contributed by atoms with Gasteiger partial charge in [0, 0.05) is 87.8 Å². The van der Waals surface area contributed by atoms with Crippen molar-refractivity contribution >= 4 is 23.2 Å². The van der Waals surface area contributed by atoms with Crippen molar-refractivity contribution in [3.05, 3.63) is 166 Å². The van der Waals surface area contributed by atoms with Crippen molar-refractivity contribution in [3.63, 3.8) is 0 Å². The number of carbonyl (C=O) groups excluding carboxylic acids is 2. The first-order valence-electron chi connectivity index (χ1n) is 24.9. The predicted molar refractivity (Wildman–Crippen MR) is 272 cm³/mol. The summed E-state index contributed by atoms with van der Waals surface area (Å²) in [6.45, 7) is 16.3. The first-order chi connectivity index (χ1) is 33.3. The van der Waals surface area contributed by atoms with Crippen molar-refractivity contribution in [2.45, 2.75) is 90.5 Å². The second-order valence-electron chi connectivity index (χ2n) is 20.4. The van der Waals surface area contributed by atoms with Gasteiger partial charge >= 0.3 is 0 Å².